The quantitative estimate of drug-likeness (QED) is 0.207. The van der Waals surface area contributed by atoms with Crippen LogP contribution in [0.25, 0.3) is 0 Å². The van der Waals surface area contributed by atoms with Gasteiger partial charge in [-0.3, -0.25) is 4.79 Å². The van der Waals surface area contributed by atoms with Crippen LogP contribution in [0.5, 0.6) is 0 Å². The third-order valence-corrected chi connectivity index (χ3v) is 6.19. The number of carbonyl (C=O) groups is 2. The fraction of sp³-hybridized carbons (Fsp3) is 0.875. The number of amides is 2. The molecule has 10 heteroatoms. The van der Waals surface area contributed by atoms with Crippen LogP contribution in [0.1, 0.15) is 19.3 Å². The van der Waals surface area contributed by atoms with E-state index in [9.17, 15) is 19.8 Å². The van der Waals surface area contributed by atoms with Crippen molar-refractivity contribution in [3.63, 3.8) is 0 Å². The van der Waals surface area contributed by atoms with Gasteiger partial charge in [0.05, 0.1) is 57.1 Å². The summed E-state index contributed by atoms with van der Waals surface area (Å²) in [6.45, 7) is 0.132. The first-order valence-electron chi connectivity index (χ1n) is 8.89. The maximum atomic E-state index is 11.6. The normalized spacial score (nSPS) is 26.8. The predicted molar refractivity (Wildman–Crippen MR) is 95.2 cm³/mol. The number of aliphatic hydroxyl groups is 2. The molecular weight excluding hydrogens is 364 g/mol. The molecule has 26 heavy (non-hydrogen) atoms. The number of aliphatic carboxylic acids is 1. The fourth-order valence-electron chi connectivity index (χ4n) is 3.37. The molecule has 5 atom stereocenters. The lowest BCUT2D eigenvalue weighted by molar-refractivity contribution is -0.150. The van der Waals surface area contributed by atoms with E-state index in [1.165, 1.54) is 0 Å². The Morgan fingerprint density at radius 3 is 2.77 bits per heavy atom. The zero-order chi connectivity index (χ0) is 18.9. The van der Waals surface area contributed by atoms with Crippen LogP contribution in [0.2, 0.25) is 0 Å². The fourth-order valence-corrected chi connectivity index (χ4v) is 4.92. The first-order valence-corrected chi connectivity index (χ1v) is 9.94. The second-order valence-corrected chi connectivity index (χ2v) is 7.70. The van der Waals surface area contributed by atoms with E-state index >= 15 is 0 Å². The Kier molecular flexibility index (Phi) is 8.93. The van der Waals surface area contributed by atoms with Gasteiger partial charge in [-0.25, -0.2) is 4.79 Å². The monoisotopic (exact) mass is 392 g/mol. The standard InChI is InChI=1S/C16H28N2O7S/c19-4-5-24-6-7-25-12(8-20)10(15(21)22)2-1-3-13-14-11(9-26-13)17-16(23)18-14/h10-14,19-20H,1-9H2,(H,21,22)(H2,17,18,23)/t10?,11-,12?,13-,14-/m0/s1. The summed E-state index contributed by atoms with van der Waals surface area (Å²) in [6, 6.07) is 0.121. The van der Waals surface area contributed by atoms with E-state index in [1.807, 2.05) is 0 Å². The number of carboxylic acids is 1. The maximum absolute atomic E-state index is 11.6. The van der Waals surface area contributed by atoms with E-state index in [0.717, 1.165) is 12.2 Å². The molecule has 0 aromatic rings. The Balaban J connectivity index is 1.74. The number of nitrogens with one attached hydrogen (secondary N) is 2. The average Bonchev–Trinajstić information content (AvgIpc) is 3.15. The number of fused-ring (bicyclic) bond motifs is 1. The van der Waals surface area contributed by atoms with Crippen molar-refractivity contribution in [2.75, 3.05) is 38.8 Å². The molecule has 2 fully saturated rings. The Labute approximate surface area is 156 Å². The summed E-state index contributed by atoms with van der Waals surface area (Å²) in [5, 5.41) is 33.7. The summed E-state index contributed by atoms with van der Waals surface area (Å²) in [7, 11) is 0. The Morgan fingerprint density at radius 1 is 1.27 bits per heavy atom. The highest BCUT2D eigenvalue weighted by Gasteiger charge is 2.42. The predicted octanol–water partition coefficient (Wildman–Crippen LogP) is -0.591. The van der Waals surface area contributed by atoms with Crippen LogP contribution in [0, 0.1) is 5.92 Å². The molecule has 2 saturated heterocycles. The lowest BCUT2D eigenvalue weighted by Gasteiger charge is -2.23. The summed E-state index contributed by atoms with van der Waals surface area (Å²) in [6.07, 6.45) is 1.08. The molecule has 0 aromatic carbocycles. The number of carboxylic acid groups (broad SMARTS) is 1. The van der Waals surface area contributed by atoms with E-state index in [0.29, 0.717) is 12.8 Å². The number of thioether (sulfide) groups is 1. The molecule has 2 rings (SSSR count). The van der Waals surface area contributed by atoms with Gasteiger partial charge in [0, 0.05) is 11.0 Å². The minimum Gasteiger partial charge on any atom is -0.481 e. The Bertz CT molecular complexity index is 468. The van der Waals surface area contributed by atoms with Crippen LogP contribution in [0.15, 0.2) is 0 Å². The summed E-state index contributed by atoms with van der Waals surface area (Å²) in [4.78, 5) is 23.0. The van der Waals surface area contributed by atoms with Gasteiger partial charge >= 0.3 is 12.0 Å². The number of aliphatic hydroxyl groups excluding tert-OH is 2. The van der Waals surface area contributed by atoms with E-state index in [4.69, 9.17) is 14.6 Å². The van der Waals surface area contributed by atoms with Gasteiger partial charge < -0.3 is 35.4 Å². The summed E-state index contributed by atoms with van der Waals surface area (Å²) < 4.78 is 10.5. The molecule has 0 aliphatic carbocycles. The lowest BCUT2D eigenvalue weighted by atomic mass is 9.94. The molecule has 0 bridgehead atoms. The molecule has 9 nitrogen and oxygen atoms in total. The minimum absolute atomic E-state index is 0.0851. The second-order valence-electron chi connectivity index (χ2n) is 6.43. The molecule has 2 aliphatic heterocycles. The molecule has 2 heterocycles. The number of rotatable bonds is 13. The maximum Gasteiger partial charge on any atom is 0.315 e. The SMILES string of the molecule is O=C1N[C@H]2[C@H](CS[C@H]2CCCC(C(=O)O)C(CO)OCCOCCO)N1. The van der Waals surface area contributed by atoms with Gasteiger partial charge in [-0.15, -0.1) is 0 Å². The van der Waals surface area contributed by atoms with Crippen molar-refractivity contribution in [3.05, 3.63) is 0 Å². The number of ether oxygens (including phenoxy) is 2. The van der Waals surface area contributed by atoms with Crippen molar-refractivity contribution in [3.8, 4) is 0 Å². The van der Waals surface area contributed by atoms with Gasteiger partial charge in [-0.1, -0.05) is 6.42 Å². The minimum atomic E-state index is -0.992. The van der Waals surface area contributed by atoms with Crippen LogP contribution < -0.4 is 10.6 Å². The van der Waals surface area contributed by atoms with Crippen molar-refractivity contribution in [1.82, 2.24) is 10.6 Å². The largest absolute Gasteiger partial charge is 0.481 e. The Morgan fingerprint density at radius 2 is 2.08 bits per heavy atom. The van der Waals surface area contributed by atoms with E-state index in [-0.39, 0.29) is 56.4 Å². The van der Waals surface area contributed by atoms with Crippen LogP contribution >= 0.6 is 11.8 Å². The second kappa shape index (κ2) is 10.9. The highest BCUT2D eigenvalue weighted by Crippen LogP contribution is 2.33. The van der Waals surface area contributed by atoms with Crippen LogP contribution in [0.4, 0.5) is 4.79 Å². The first-order chi connectivity index (χ1) is 12.6. The molecule has 0 radical (unpaired) electrons. The summed E-state index contributed by atoms with van der Waals surface area (Å²) >= 11 is 1.79. The van der Waals surface area contributed by atoms with E-state index < -0.39 is 18.0 Å². The lowest BCUT2D eigenvalue weighted by Crippen LogP contribution is -2.37. The van der Waals surface area contributed by atoms with Gasteiger partial charge in [-0.05, 0) is 12.8 Å². The highest BCUT2D eigenvalue weighted by atomic mass is 32.2. The van der Waals surface area contributed by atoms with Gasteiger partial charge in [0.1, 0.15) is 0 Å². The molecule has 2 unspecified atom stereocenters. The zero-order valence-corrected chi connectivity index (χ0v) is 15.5. The van der Waals surface area contributed by atoms with Crippen LogP contribution in [-0.2, 0) is 14.3 Å². The number of hydrogen-bond acceptors (Lipinski definition) is 7. The third-order valence-electron chi connectivity index (χ3n) is 4.68. The Hall–Kier alpha value is -1.07. The molecule has 0 saturated carbocycles. The molecule has 2 aliphatic rings. The average molecular weight is 392 g/mol. The van der Waals surface area contributed by atoms with Crippen molar-refractivity contribution >= 4 is 23.8 Å². The van der Waals surface area contributed by atoms with Gasteiger partial charge in [-0.2, -0.15) is 11.8 Å². The third kappa shape index (κ3) is 5.98. The molecule has 2 amide bonds. The molecule has 0 aromatic heterocycles. The van der Waals surface area contributed by atoms with Crippen molar-refractivity contribution < 1.29 is 34.4 Å². The van der Waals surface area contributed by atoms with Gasteiger partial charge in [0.15, 0.2) is 0 Å². The van der Waals surface area contributed by atoms with Crippen molar-refractivity contribution in [2.45, 2.75) is 42.7 Å². The van der Waals surface area contributed by atoms with Crippen LogP contribution in [-0.4, -0.2) is 89.5 Å². The van der Waals surface area contributed by atoms with Crippen molar-refractivity contribution in [1.29, 1.82) is 0 Å². The topological polar surface area (TPSA) is 137 Å². The highest BCUT2D eigenvalue weighted by molar-refractivity contribution is 8.00. The number of carbonyl (C=O) groups excluding carboxylic acids is 1. The van der Waals surface area contributed by atoms with E-state index in [2.05, 4.69) is 10.6 Å². The number of urea groups is 1. The van der Waals surface area contributed by atoms with Crippen LogP contribution in [0.3, 0.4) is 0 Å². The summed E-state index contributed by atoms with van der Waals surface area (Å²) in [5.74, 6) is -0.920. The first kappa shape index (κ1) is 21.2. The number of hydrogen-bond donors (Lipinski definition) is 5. The van der Waals surface area contributed by atoms with Crippen molar-refractivity contribution in [2.24, 2.45) is 5.92 Å². The smallest absolute Gasteiger partial charge is 0.315 e. The van der Waals surface area contributed by atoms with Gasteiger partial charge in [0.25, 0.3) is 0 Å². The van der Waals surface area contributed by atoms with E-state index in [1.54, 1.807) is 11.8 Å². The zero-order valence-electron chi connectivity index (χ0n) is 14.6. The summed E-state index contributed by atoms with van der Waals surface area (Å²) in [5.41, 5.74) is 0. The molecule has 0 spiro atoms. The van der Waals surface area contributed by atoms with Gasteiger partial charge in [0.2, 0.25) is 0 Å². The molecular formula is C16H28N2O7S. The molecule has 5 N–H and O–H groups in total. The molecule has 150 valence electrons.